The van der Waals surface area contributed by atoms with Gasteiger partial charge in [0.15, 0.2) is 0 Å². The maximum Gasteiger partial charge on any atom is 0.254 e. The fourth-order valence-electron chi connectivity index (χ4n) is 2.25. The van der Waals surface area contributed by atoms with Gasteiger partial charge in [0.2, 0.25) is 10.0 Å². The minimum absolute atomic E-state index is 0.149. The molecule has 1 amide bonds. The summed E-state index contributed by atoms with van der Waals surface area (Å²) in [4.78, 5) is 12.0. The number of sulfonamides is 1. The molecule has 0 saturated carbocycles. The minimum atomic E-state index is -3.77. The Morgan fingerprint density at radius 2 is 1.96 bits per heavy atom. The van der Waals surface area contributed by atoms with Gasteiger partial charge in [-0.05, 0) is 42.8 Å². The van der Waals surface area contributed by atoms with E-state index in [1.165, 1.54) is 0 Å². The summed E-state index contributed by atoms with van der Waals surface area (Å²) in [6, 6.07) is 10.5. The molecule has 0 aliphatic heterocycles. The van der Waals surface area contributed by atoms with Crippen LogP contribution < -0.4 is 14.8 Å². The van der Waals surface area contributed by atoms with Crippen LogP contribution in [0.2, 0.25) is 0 Å². The molecule has 0 aliphatic rings. The number of benzene rings is 2. The van der Waals surface area contributed by atoms with Crippen molar-refractivity contribution < 1.29 is 22.3 Å². The minimum Gasteiger partial charge on any atom is -0.492 e. The number of aryl methyl sites for hydroxylation is 1. The second-order valence-corrected chi connectivity index (χ2v) is 7.33. The lowest BCUT2D eigenvalue weighted by Crippen LogP contribution is -2.29. The summed E-state index contributed by atoms with van der Waals surface area (Å²) in [5.74, 6) is -0.828. The lowest BCUT2D eigenvalue weighted by Gasteiger charge is -2.10. The van der Waals surface area contributed by atoms with Gasteiger partial charge in [-0.25, -0.2) is 17.5 Å². The number of nitrogens with one attached hydrogen (secondary N) is 2. The number of rotatable bonds is 8. The average molecular weight is 380 g/mol. The highest BCUT2D eigenvalue weighted by atomic mass is 32.2. The summed E-state index contributed by atoms with van der Waals surface area (Å²) >= 11 is 0. The summed E-state index contributed by atoms with van der Waals surface area (Å²) in [5.41, 5.74) is 0.715. The predicted molar refractivity (Wildman–Crippen MR) is 96.3 cm³/mol. The number of amides is 1. The summed E-state index contributed by atoms with van der Waals surface area (Å²) in [6.45, 7) is 4.11. The first-order valence-electron chi connectivity index (χ1n) is 8.10. The molecule has 0 unspecified atom stereocenters. The van der Waals surface area contributed by atoms with Crippen LogP contribution in [0.5, 0.6) is 5.75 Å². The molecule has 0 radical (unpaired) electrons. The zero-order chi connectivity index (χ0) is 19.2. The number of halogens is 1. The zero-order valence-electron chi connectivity index (χ0n) is 14.6. The van der Waals surface area contributed by atoms with Crippen molar-refractivity contribution in [1.82, 2.24) is 10.0 Å². The predicted octanol–water partition coefficient (Wildman–Crippen LogP) is 2.24. The van der Waals surface area contributed by atoms with E-state index in [2.05, 4.69) is 10.0 Å². The Kier molecular flexibility index (Phi) is 6.70. The van der Waals surface area contributed by atoms with Crippen LogP contribution in [0.4, 0.5) is 4.39 Å². The second-order valence-electron chi connectivity index (χ2n) is 5.56. The monoisotopic (exact) mass is 380 g/mol. The van der Waals surface area contributed by atoms with Gasteiger partial charge in [0, 0.05) is 6.54 Å². The molecule has 0 atom stereocenters. The Morgan fingerprint density at radius 3 is 2.65 bits per heavy atom. The molecule has 0 saturated heterocycles. The first kappa shape index (κ1) is 19.9. The largest absolute Gasteiger partial charge is 0.492 e. The molecule has 2 aromatic rings. The highest BCUT2D eigenvalue weighted by Gasteiger charge is 2.18. The van der Waals surface area contributed by atoms with Crippen molar-refractivity contribution in [3.8, 4) is 5.75 Å². The molecule has 140 valence electrons. The molecule has 8 heteroatoms. The smallest absolute Gasteiger partial charge is 0.254 e. The number of carbonyl (C=O) groups excluding carboxylic acids is 1. The Morgan fingerprint density at radius 1 is 1.19 bits per heavy atom. The van der Waals surface area contributed by atoms with E-state index in [-0.39, 0.29) is 30.2 Å². The standard InChI is InChI=1S/C18H21FN2O4S/c1-3-21-26(23,24)15-7-8-17(19)16(12-15)18(22)20-9-10-25-14-6-4-5-13(2)11-14/h4-8,11-12,21H,3,9-10H2,1-2H3,(H,20,22). The fourth-order valence-corrected chi connectivity index (χ4v) is 3.32. The van der Waals surface area contributed by atoms with Gasteiger partial charge in [-0.3, -0.25) is 4.79 Å². The number of carbonyl (C=O) groups is 1. The van der Waals surface area contributed by atoms with E-state index in [0.717, 1.165) is 23.8 Å². The van der Waals surface area contributed by atoms with Crippen LogP contribution in [-0.4, -0.2) is 34.0 Å². The third kappa shape index (κ3) is 5.27. The van der Waals surface area contributed by atoms with E-state index in [1.807, 2.05) is 25.1 Å². The highest BCUT2D eigenvalue weighted by molar-refractivity contribution is 7.89. The molecule has 2 rings (SSSR count). The molecule has 6 nitrogen and oxygen atoms in total. The Labute approximate surface area is 152 Å². The van der Waals surface area contributed by atoms with Crippen molar-refractivity contribution in [2.75, 3.05) is 19.7 Å². The van der Waals surface area contributed by atoms with Gasteiger partial charge in [-0.1, -0.05) is 19.1 Å². The summed E-state index contributed by atoms with van der Waals surface area (Å²) < 4.78 is 45.7. The number of hydrogen-bond donors (Lipinski definition) is 2. The van der Waals surface area contributed by atoms with Crippen LogP contribution in [0.15, 0.2) is 47.4 Å². The van der Waals surface area contributed by atoms with Gasteiger partial charge in [0.1, 0.15) is 18.2 Å². The van der Waals surface area contributed by atoms with Gasteiger partial charge in [-0.15, -0.1) is 0 Å². The van der Waals surface area contributed by atoms with Gasteiger partial charge in [-0.2, -0.15) is 0 Å². The van der Waals surface area contributed by atoms with Crippen molar-refractivity contribution in [3.63, 3.8) is 0 Å². The van der Waals surface area contributed by atoms with E-state index in [4.69, 9.17) is 4.74 Å². The third-order valence-corrected chi connectivity index (χ3v) is 5.02. The number of hydrogen-bond acceptors (Lipinski definition) is 4. The molecular weight excluding hydrogens is 359 g/mol. The third-order valence-electron chi connectivity index (χ3n) is 3.47. The normalized spacial score (nSPS) is 11.2. The first-order valence-corrected chi connectivity index (χ1v) is 9.58. The topological polar surface area (TPSA) is 84.5 Å². The average Bonchev–Trinajstić information content (AvgIpc) is 2.59. The van der Waals surface area contributed by atoms with Crippen LogP contribution in [-0.2, 0) is 10.0 Å². The van der Waals surface area contributed by atoms with Gasteiger partial charge in [0.05, 0.1) is 17.0 Å². The van der Waals surface area contributed by atoms with E-state index in [9.17, 15) is 17.6 Å². The van der Waals surface area contributed by atoms with Crippen molar-refractivity contribution >= 4 is 15.9 Å². The molecular formula is C18H21FN2O4S. The summed E-state index contributed by atoms with van der Waals surface area (Å²) in [7, 11) is -3.77. The zero-order valence-corrected chi connectivity index (χ0v) is 15.4. The van der Waals surface area contributed by atoms with Gasteiger partial charge >= 0.3 is 0 Å². The van der Waals surface area contributed by atoms with Crippen LogP contribution >= 0.6 is 0 Å². The van der Waals surface area contributed by atoms with Crippen LogP contribution in [0.1, 0.15) is 22.8 Å². The van der Waals surface area contributed by atoms with Crippen molar-refractivity contribution in [1.29, 1.82) is 0 Å². The van der Waals surface area contributed by atoms with E-state index in [1.54, 1.807) is 13.0 Å². The molecule has 2 N–H and O–H groups in total. The molecule has 0 heterocycles. The molecule has 2 aromatic carbocycles. The molecule has 0 fully saturated rings. The van der Waals surface area contributed by atoms with Crippen LogP contribution in [0, 0.1) is 12.7 Å². The fraction of sp³-hybridized carbons (Fsp3) is 0.278. The maximum absolute atomic E-state index is 13.9. The summed E-state index contributed by atoms with van der Waals surface area (Å²) in [6.07, 6.45) is 0. The van der Waals surface area contributed by atoms with E-state index >= 15 is 0 Å². The SMILES string of the molecule is CCNS(=O)(=O)c1ccc(F)c(C(=O)NCCOc2cccc(C)c2)c1. The lowest BCUT2D eigenvalue weighted by atomic mass is 10.2. The van der Waals surface area contributed by atoms with E-state index < -0.39 is 21.7 Å². The second kappa shape index (κ2) is 8.77. The molecule has 0 spiro atoms. The Bertz CT molecular complexity index is 885. The van der Waals surface area contributed by atoms with Crippen molar-refractivity contribution in [3.05, 3.63) is 59.4 Å². The Balaban J connectivity index is 1.98. The quantitative estimate of drug-likeness (QED) is 0.688. The summed E-state index contributed by atoms with van der Waals surface area (Å²) in [5, 5.41) is 2.52. The molecule has 26 heavy (non-hydrogen) atoms. The lowest BCUT2D eigenvalue weighted by molar-refractivity contribution is 0.0942. The van der Waals surface area contributed by atoms with E-state index in [0.29, 0.717) is 5.75 Å². The van der Waals surface area contributed by atoms with Crippen molar-refractivity contribution in [2.24, 2.45) is 0 Å². The number of ether oxygens (including phenoxy) is 1. The van der Waals surface area contributed by atoms with Gasteiger partial charge < -0.3 is 10.1 Å². The van der Waals surface area contributed by atoms with Crippen LogP contribution in [0.3, 0.4) is 0 Å². The Hall–Kier alpha value is -2.45. The first-order chi connectivity index (χ1) is 12.3. The van der Waals surface area contributed by atoms with Crippen LogP contribution in [0.25, 0.3) is 0 Å². The molecule has 0 aromatic heterocycles. The van der Waals surface area contributed by atoms with Gasteiger partial charge in [0.25, 0.3) is 5.91 Å². The molecule has 0 bridgehead atoms. The highest BCUT2D eigenvalue weighted by Crippen LogP contribution is 2.15. The molecule has 0 aliphatic carbocycles. The maximum atomic E-state index is 13.9. The van der Waals surface area contributed by atoms with Crippen molar-refractivity contribution in [2.45, 2.75) is 18.7 Å².